The molecule has 0 saturated carbocycles. The number of anilines is 1. The molecule has 3 N–H and O–H groups in total. The summed E-state index contributed by atoms with van der Waals surface area (Å²) in [4.78, 5) is 39.8. The lowest BCUT2D eigenvalue weighted by Crippen LogP contribution is -2.33. The van der Waals surface area contributed by atoms with Crippen LogP contribution in [-0.2, 0) is 0 Å². The highest BCUT2D eigenvalue weighted by Crippen LogP contribution is 2.38. The van der Waals surface area contributed by atoms with E-state index >= 15 is 0 Å². The molecule has 0 radical (unpaired) electrons. The molecule has 0 bridgehead atoms. The zero-order valence-electron chi connectivity index (χ0n) is 18.8. The van der Waals surface area contributed by atoms with Gasteiger partial charge in [-0.05, 0) is 37.5 Å². The largest absolute Gasteiger partial charge is 0.366 e. The lowest BCUT2D eigenvalue weighted by atomic mass is 10.1. The van der Waals surface area contributed by atoms with Gasteiger partial charge in [-0.3, -0.25) is 14.2 Å². The van der Waals surface area contributed by atoms with E-state index in [1.54, 1.807) is 23.0 Å². The fourth-order valence-corrected chi connectivity index (χ4v) is 5.18. The average Bonchev–Trinajstić information content (AvgIpc) is 3.58. The number of aromatic nitrogens is 6. The van der Waals surface area contributed by atoms with Crippen LogP contribution in [0.25, 0.3) is 22.2 Å². The highest BCUT2D eigenvalue weighted by Gasteiger charge is 2.34. The summed E-state index contributed by atoms with van der Waals surface area (Å²) in [6.07, 6.45) is 6.27. The van der Waals surface area contributed by atoms with E-state index in [-0.39, 0.29) is 11.6 Å². The lowest BCUT2D eigenvalue weighted by Gasteiger charge is -2.28. The fraction of sp³-hybridized carbons (Fsp3) is 0.208. The Balaban J connectivity index is 1.62. The van der Waals surface area contributed by atoms with Crippen LogP contribution in [0.5, 0.6) is 0 Å². The Bertz CT molecular complexity index is 1680. The Labute approximate surface area is 204 Å². The normalized spacial score (nSPS) is 15.9. The molecule has 1 saturated heterocycles. The van der Waals surface area contributed by atoms with Gasteiger partial charge in [-0.1, -0.05) is 29.8 Å². The monoisotopic (exact) mass is 488 g/mol. The molecule has 1 amide bonds. The second kappa shape index (κ2) is 7.95. The number of H-pyrrole nitrogens is 1. The number of halogens is 1. The number of rotatable bonds is 4. The number of hydrogen-bond donors (Lipinski definition) is 2. The Morgan fingerprint density at radius 2 is 2.06 bits per heavy atom. The molecule has 1 aliphatic heterocycles. The van der Waals surface area contributed by atoms with Crippen LogP contribution < -0.4 is 16.2 Å². The Kier molecular flexibility index (Phi) is 4.85. The van der Waals surface area contributed by atoms with E-state index in [9.17, 15) is 9.59 Å². The van der Waals surface area contributed by atoms with E-state index in [2.05, 4.69) is 19.9 Å². The highest BCUT2D eigenvalue weighted by atomic mass is 35.5. The molecule has 0 unspecified atom stereocenters. The summed E-state index contributed by atoms with van der Waals surface area (Å²) in [5, 5.41) is 5.77. The first-order valence-corrected chi connectivity index (χ1v) is 11.6. The fourth-order valence-electron chi connectivity index (χ4n) is 4.96. The number of amides is 1. The van der Waals surface area contributed by atoms with Crippen molar-refractivity contribution < 1.29 is 4.79 Å². The van der Waals surface area contributed by atoms with Crippen LogP contribution in [0.3, 0.4) is 0 Å². The molecule has 1 aliphatic rings. The number of aromatic amines is 1. The van der Waals surface area contributed by atoms with Gasteiger partial charge in [-0.2, -0.15) is 5.10 Å². The molecule has 10 nitrogen and oxygen atoms in total. The molecule has 0 spiro atoms. The Hall–Kier alpha value is -4.18. The number of benzene rings is 1. The maximum absolute atomic E-state index is 13.8. The molecule has 35 heavy (non-hydrogen) atoms. The highest BCUT2D eigenvalue weighted by molar-refractivity contribution is 6.33. The summed E-state index contributed by atoms with van der Waals surface area (Å²) < 4.78 is 3.18. The third kappa shape index (κ3) is 3.21. The zero-order chi connectivity index (χ0) is 24.3. The smallest absolute Gasteiger partial charge is 0.284 e. The molecule has 4 aromatic heterocycles. The minimum absolute atomic E-state index is 0.251. The first kappa shape index (κ1) is 21.4. The van der Waals surface area contributed by atoms with Crippen molar-refractivity contribution in [3.8, 4) is 5.69 Å². The Morgan fingerprint density at radius 3 is 2.86 bits per heavy atom. The van der Waals surface area contributed by atoms with E-state index in [4.69, 9.17) is 22.4 Å². The van der Waals surface area contributed by atoms with Crippen LogP contribution in [0.4, 0.5) is 5.82 Å². The number of aryl methyl sites for hydroxylation is 1. The molecular weight excluding hydrogens is 468 g/mol. The van der Waals surface area contributed by atoms with Crippen LogP contribution in [0, 0.1) is 6.92 Å². The first-order chi connectivity index (χ1) is 17.0. The number of carbonyl (C=O) groups excluding carboxylic acids is 1. The maximum Gasteiger partial charge on any atom is 0.284 e. The van der Waals surface area contributed by atoms with Crippen molar-refractivity contribution in [2.24, 2.45) is 5.73 Å². The lowest BCUT2D eigenvalue weighted by molar-refractivity contribution is 0.100. The molecule has 5 aromatic rings. The molecule has 1 atom stereocenters. The molecule has 176 valence electrons. The third-order valence-electron chi connectivity index (χ3n) is 6.56. The molecule has 1 fully saturated rings. The van der Waals surface area contributed by atoms with Gasteiger partial charge in [0.1, 0.15) is 23.3 Å². The van der Waals surface area contributed by atoms with Gasteiger partial charge >= 0.3 is 0 Å². The van der Waals surface area contributed by atoms with Crippen LogP contribution in [0.1, 0.15) is 40.6 Å². The van der Waals surface area contributed by atoms with Crippen molar-refractivity contribution in [2.45, 2.75) is 25.8 Å². The Morgan fingerprint density at radius 1 is 1.23 bits per heavy atom. The van der Waals surface area contributed by atoms with Crippen molar-refractivity contribution in [1.82, 2.24) is 29.1 Å². The summed E-state index contributed by atoms with van der Waals surface area (Å²) in [5.41, 5.74) is 8.20. The van der Waals surface area contributed by atoms with Crippen LogP contribution >= 0.6 is 11.6 Å². The van der Waals surface area contributed by atoms with Gasteiger partial charge in [0, 0.05) is 18.9 Å². The second-order valence-electron chi connectivity index (χ2n) is 8.58. The van der Waals surface area contributed by atoms with Crippen molar-refractivity contribution in [3.05, 3.63) is 81.4 Å². The molecule has 1 aromatic carbocycles. The van der Waals surface area contributed by atoms with Gasteiger partial charge in [0.2, 0.25) is 0 Å². The van der Waals surface area contributed by atoms with Crippen molar-refractivity contribution >= 4 is 39.9 Å². The number of hydrogen-bond acceptors (Lipinski definition) is 6. The zero-order valence-corrected chi connectivity index (χ0v) is 19.5. The van der Waals surface area contributed by atoms with Crippen molar-refractivity contribution in [1.29, 1.82) is 0 Å². The summed E-state index contributed by atoms with van der Waals surface area (Å²) in [6.45, 7) is 2.61. The van der Waals surface area contributed by atoms with E-state index < -0.39 is 5.91 Å². The van der Waals surface area contributed by atoms with E-state index in [1.807, 2.05) is 31.2 Å². The maximum atomic E-state index is 13.8. The van der Waals surface area contributed by atoms with Gasteiger partial charge in [0.05, 0.1) is 27.7 Å². The summed E-state index contributed by atoms with van der Waals surface area (Å²) in [6, 6.07) is 9.04. The third-order valence-corrected chi connectivity index (χ3v) is 6.86. The molecule has 6 rings (SSSR count). The van der Waals surface area contributed by atoms with Gasteiger partial charge < -0.3 is 15.6 Å². The second-order valence-corrected chi connectivity index (χ2v) is 8.99. The summed E-state index contributed by atoms with van der Waals surface area (Å²) in [7, 11) is 0. The van der Waals surface area contributed by atoms with Gasteiger partial charge in [-0.15, -0.1) is 0 Å². The molecule has 0 aliphatic carbocycles. The molecule has 5 heterocycles. The topological polar surface area (TPSA) is 127 Å². The quantitative estimate of drug-likeness (QED) is 0.400. The predicted octanol–water partition coefficient (Wildman–Crippen LogP) is 3.16. The van der Waals surface area contributed by atoms with E-state index in [0.29, 0.717) is 45.3 Å². The summed E-state index contributed by atoms with van der Waals surface area (Å²) >= 11 is 6.36. The molecular formula is C24H21ClN8O2. The van der Waals surface area contributed by atoms with Crippen LogP contribution in [-0.4, -0.2) is 41.6 Å². The predicted molar refractivity (Wildman–Crippen MR) is 132 cm³/mol. The first-order valence-electron chi connectivity index (χ1n) is 11.2. The van der Waals surface area contributed by atoms with Gasteiger partial charge in [0.25, 0.3) is 11.5 Å². The van der Waals surface area contributed by atoms with E-state index in [0.717, 1.165) is 24.1 Å². The average molecular weight is 489 g/mol. The van der Waals surface area contributed by atoms with Crippen molar-refractivity contribution in [3.63, 3.8) is 0 Å². The van der Waals surface area contributed by atoms with Gasteiger partial charge in [0.15, 0.2) is 5.82 Å². The number of nitrogens with two attached hydrogens (primary N) is 1. The SMILES string of the molecule is Cc1ccccc1-n1c([C@@H]2CCCN2c2ncnc3[nH]cc(C(N)=O)c23)nn2ccc(Cl)c2c1=O. The number of carbonyl (C=O) groups is 1. The minimum atomic E-state index is -0.568. The van der Waals surface area contributed by atoms with Gasteiger partial charge in [-0.25, -0.2) is 14.5 Å². The van der Waals surface area contributed by atoms with E-state index in [1.165, 1.54) is 10.8 Å². The van der Waals surface area contributed by atoms with Crippen LogP contribution in [0.2, 0.25) is 5.02 Å². The molecule has 11 heteroatoms. The number of primary amides is 1. The number of para-hydroxylation sites is 1. The summed E-state index contributed by atoms with van der Waals surface area (Å²) in [5.74, 6) is 0.564. The number of nitrogens with zero attached hydrogens (tertiary/aromatic N) is 6. The number of fused-ring (bicyclic) bond motifs is 2. The number of nitrogens with one attached hydrogen (secondary N) is 1. The van der Waals surface area contributed by atoms with Crippen molar-refractivity contribution in [2.75, 3.05) is 11.4 Å². The van der Waals surface area contributed by atoms with Crippen LogP contribution in [0.15, 0.2) is 53.8 Å². The standard InChI is InChI=1S/C24H21ClN8O2/c1-13-5-2-3-6-16(13)33-22(30-32-10-8-15(25)19(32)24(33)35)17-7-4-9-31(17)23-18-14(20(26)34)11-27-21(18)28-12-29-23/h2-3,5-6,8,10-12,17H,4,7,9H2,1H3,(H2,26,34)(H,27,28,29)/t17-/m0/s1. The minimum Gasteiger partial charge on any atom is -0.366 e.